The molecule has 1 aromatic heterocycles. The molecule has 27 heavy (non-hydrogen) atoms. The highest BCUT2D eigenvalue weighted by Crippen LogP contribution is 2.31. The lowest BCUT2D eigenvalue weighted by molar-refractivity contribution is -0.152. The quantitative estimate of drug-likeness (QED) is 0.740. The van der Waals surface area contributed by atoms with Gasteiger partial charge in [-0.25, -0.2) is 4.98 Å². The molecule has 0 radical (unpaired) electrons. The SMILES string of the molecule is COc1ccc2nc(NC(=O)CCC(=O)O[C@@H]3CC[C@H](C)[C@@H](C)C3)sc2c1. The van der Waals surface area contributed by atoms with Gasteiger partial charge >= 0.3 is 5.97 Å². The van der Waals surface area contributed by atoms with E-state index in [4.69, 9.17) is 9.47 Å². The molecule has 0 saturated heterocycles. The van der Waals surface area contributed by atoms with Crippen molar-refractivity contribution in [3.05, 3.63) is 18.2 Å². The number of carbonyl (C=O) groups is 2. The summed E-state index contributed by atoms with van der Waals surface area (Å²) >= 11 is 1.38. The Hall–Kier alpha value is -2.15. The molecule has 1 fully saturated rings. The Morgan fingerprint density at radius 1 is 1.22 bits per heavy atom. The van der Waals surface area contributed by atoms with Crippen LogP contribution in [0.25, 0.3) is 10.2 Å². The molecule has 1 N–H and O–H groups in total. The predicted molar refractivity (Wildman–Crippen MR) is 106 cm³/mol. The van der Waals surface area contributed by atoms with Gasteiger partial charge in [-0.15, -0.1) is 0 Å². The molecule has 0 bridgehead atoms. The van der Waals surface area contributed by atoms with Gasteiger partial charge in [-0.05, 0) is 49.3 Å². The van der Waals surface area contributed by atoms with E-state index in [0.29, 0.717) is 17.0 Å². The molecule has 1 saturated carbocycles. The summed E-state index contributed by atoms with van der Waals surface area (Å²) in [5.74, 6) is 1.46. The molecule has 2 aromatic rings. The Labute approximate surface area is 163 Å². The van der Waals surface area contributed by atoms with Crippen LogP contribution in [0.5, 0.6) is 5.75 Å². The molecule has 0 spiro atoms. The molecule has 1 aliphatic rings. The van der Waals surface area contributed by atoms with Crippen LogP contribution in [0.4, 0.5) is 5.13 Å². The zero-order valence-corrected chi connectivity index (χ0v) is 16.8. The van der Waals surface area contributed by atoms with E-state index >= 15 is 0 Å². The van der Waals surface area contributed by atoms with E-state index in [1.54, 1.807) is 7.11 Å². The van der Waals surface area contributed by atoms with Crippen LogP contribution in [0, 0.1) is 11.8 Å². The molecule has 7 heteroatoms. The van der Waals surface area contributed by atoms with Crippen molar-refractivity contribution in [2.75, 3.05) is 12.4 Å². The first kappa shape index (κ1) is 19.6. The second-order valence-corrected chi connectivity index (χ2v) is 8.31. The largest absolute Gasteiger partial charge is 0.497 e. The van der Waals surface area contributed by atoms with Crippen LogP contribution in [0.1, 0.15) is 46.0 Å². The third kappa shape index (κ3) is 5.19. The molecule has 0 aliphatic heterocycles. The number of thiazole rings is 1. The van der Waals surface area contributed by atoms with Crippen molar-refractivity contribution in [1.29, 1.82) is 0 Å². The van der Waals surface area contributed by atoms with E-state index in [1.165, 1.54) is 11.3 Å². The fourth-order valence-corrected chi connectivity index (χ4v) is 4.24. The number of carbonyl (C=O) groups excluding carboxylic acids is 2. The van der Waals surface area contributed by atoms with Gasteiger partial charge in [0, 0.05) is 6.42 Å². The minimum atomic E-state index is -0.300. The first-order valence-electron chi connectivity index (χ1n) is 9.38. The molecule has 1 aromatic carbocycles. The third-order valence-corrected chi connectivity index (χ3v) is 6.18. The topological polar surface area (TPSA) is 77.5 Å². The van der Waals surface area contributed by atoms with Gasteiger partial charge in [-0.3, -0.25) is 9.59 Å². The van der Waals surface area contributed by atoms with Crippen LogP contribution < -0.4 is 10.1 Å². The first-order chi connectivity index (χ1) is 12.9. The minimum Gasteiger partial charge on any atom is -0.497 e. The Morgan fingerprint density at radius 2 is 2.04 bits per heavy atom. The Balaban J connectivity index is 1.46. The fourth-order valence-electron chi connectivity index (χ4n) is 3.33. The second-order valence-electron chi connectivity index (χ2n) is 7.28. The van der Waals surface area contributed by atoms with E-state index in [0.717, 1.165) is 35.2 Å². The lowest BCUT2D eigenvalue weighted by Gasteiger charge is -2.31. The Kier molecular flexibility index (Phi) is 6.31. The van der Waals surface area contributed by atoms with Crippen molar-refractivity contribution in [3.8, 4) is 5.75 Å². The predicted octanol–water partition coefficient (Wildman–Crippen LogP) is 4.39. The lowest BCUT2D eigenvalue weighted by atomic mass is 9.80. The number of ether oxygens (including phenoxy) is 2. The summed E-state index contributed by atoms with van der Waals surface area (Å²) in [7, 11) is 1.61. The number of methoxy groups -OCH3 is 1. The number of hydrogen-bond donors (Lipinski definition) is 1. The van der Waals surface area contributed by atoms with E-state index in [-0.39, 0.29) is 30.8 Å². The van der Waals surface area contributed by atoms with Crippen LogP contribution in [-0.2, 0) is 14.3 Å². The number of benzene rings is 1. The van der Waals surface area contributed by atoms with Crippen molar-refractivity contribution in [2.24, 2.45) is 11.8 Å². The van der Waals surface area contributed by atoms with Gasteiger partial charge in [-0.2, -0.15) is 0 Å². The molecular formula is C20H26N2O4S. The van der Waals surface area contributed by atoms with Gasteiger partial charge in [0.25, 0.3) is 0 Å². The molecule has 6 nitrogen and oxygen atoms in total. The van der Waals surface area contributed by atoms with E-state index in [1.807, 2.05) is 18.2 Å². The van der Waals surface area contributed by atoms with E-state index < -0.39 is 0 Å². The van der Waals surface area contributed by atoms with Gasteiger partial charge in [0.2, 0.25) is 5.91 Å². The molecule has 1 heterocycles. The maximum absolute atomic E-state index is 12.1. The highest BCUT2D eigenvalue weighted by atomic mass is 32.1. The monoisotopic (exact) mass is 390 g/mol. The highest BCUT2D eigenvalue weighted by molar-refractivity contribution is 7.22. The van der Waals surface area contributed by atoms with Crippen LogP contribution >= 0.6 is 11.3 Å². The fraction of sp³-hybridized carbons (Fsp3) is 0.550. The van der Waals surface area contributed by atoms with Crippen molar-refractivity contribution >= 4 is 38.6 Å². The third-order valence-electron chi connectivity index (χ3n) is 5.25. The standard InChI is InChI=1S/C20H26N2O4S/c1-12-4-5-15(10-13(12)2)26-19(24)9-8-18(23)22-20-21-16-7-6-14(25-3)11-17(16)27-20/h6-7,11-13,15H,4-5,8-10H2,1-3H3,(H,21,22,23)/t12-,13-,15+/m0/s1. The van der Waals surface area contributed by atoms with Crippen molar-refractivity contribution in [3.63, 3.8) is 0 Å². The van der Waals surface area contributed by atoms with Crippen LogP contribution in [0.2, 0.25) is 0 Å². The van der Waals surface area contributed by atoms with Crippen molar-refractivity contribution in [2.45, 2.75) is 52.1 Å². The number of nitrogens with zero attached hydrogens (tertiary/aromatic N) is 1. The van der Waals surface area contributed by atoms with Crippen LogP contribution in [-0.4, -0.2) is 30.1 Å². The summed E-state index contributed by atoms with van der Waals surface area (Å²) in [5, 5.41) is 3.28. The van der Waals surface area contributed by atoms with Gasteiger partial charge in [0.1, 0.15) is 11.9 Å². The zero-order chi connectivity index (χ0) is 19.4. The smallest absolute Gasteiger partial charge is 0.306 e. The molecule has 3 atom stereocenters. The Morgan fingerprint density at radius 3 is 2.78 bits per heavy atom. The van der Waals surface area contributed by atoms with E-state index in [9.17, 15) is 9.59 Å². The average Bonchev–Trinajstić information content (AvgIpc) is 3.04. The summed E-state index contributed by atoms with van der Waals surface area (Å²) in [6, 6.07) is 5.56. The summed E-state index contributed by atoms with van der Waals surface area (Å²) in [6.07, 6.45) is 3.09. The summed E-state index contributed by atoms with van der Waals surface area (Å²) < 4.78 is 11.7. The summed E-state index contributed by atoms with van der Waals surface area (Å²) in [5.41, 5.74) is 0.802. The minimum absolute atomic E-state index is 0.00833. The summed E-state index contributed by atoms with van der Waals surface area (Å²) in [6.45, 7) is 4.44. The molecule has 0 unspecified atom stereocenters. The first-order valence-corrected chi connectivity index (χ1v) is 10.2. The molecule has 1 amide bonds. The lowest BCUT2D eigenvalue weighted by Crippen LogP contribution is -2.29. The average molecular weight is 391 g/mol. The van der Waals surface area contributed by atoms with Gasteiger partial charge in [-0.1, -0.05) is 25.2 Å². The van der Waals surface area contributed by atoms with Crippen molar-refractivity contribution in [1.82, 2.24) is 4.98 Å². The molecule has 3 rings (SSSR count). The second kappa shape index (κ2) is 8.69. The number of hydrogen-bond acceptors (Lipinski definition) is 6. The van der Waals surface area contributed by atoms with Crippen LogP contribution in [0.15, 0.2) is 18.2 Å². The zero-order valence-electron chi connectivity index (χ0n) is 16.0. The molecular weight excluding hydrogens is 364 g/mol. The number of nitrogens with one attached hydrogen (secondary N) is 1. The van der Waals surface area contributed by atoms with Gasteiger partial charge < -0.3 is 14.8 Å². The molecule has 1 aliphatic carbocycles. The highest BCUT2D eigenvalue weighted by Gasteiger charge is 2.27. The number of rotatable bonds is 6. The maximum Gasteiger partial charge on any atom is 0.306 e. The Bertz CT molecular complexity index is 819. The maximum atomic E-state index is 12.1. The van der Waals surface area contributed by atoms with Gasteiger partial charge in [0.15, 0.2) is 5.13 Å². The number of fused-ring (bicyclic) bond motifs is 1. The normalized spacial score (nSPS) is 22.4. The van der Waals surface area contributed by atoms with Crippen molar-refractivity contribution < 1.29 is 19.1 Å². The number of aromatic nitrogens is 1. The molecule has 146 valence electrons. The number of esters is 1. The van der Waals surface area contributed by atoms with E-state index in [2.05, 4.69) is 24.1 Å². The summed E-state index contributed by atoms with van der Waals surface area (Å²) in [4.78, 5) is 28.5. The van der Waals surface area contributed by atoms with Gasteiger partial charge in [0.05, 0.1) is 23.7 Å². The number of amides is 1. The van der Waals surface area contributed by atoms with Crippen LogP contribution in [0.3, 0.4) is 0 Å². The number of anilines is 1.